The van der Waals surface area contributed by atoms with Crippen molar-refractivity contribution in [1.29, 1.82) is 0 Å². The van der Waals surface area contributed by atoms with E-state index < -0.39 is 10.0 Å². The molecule has 0 saturated carbocycles. The number of nitrogens with zero attached hydrogens (tertiary/aromatic N) is 2. The minimum Gasteiger partial charge on any atom is -0.366 e. The third kappa shape index (κ3) is 3.77. The third-order valence-electron chi connectivity index (χ3n) is 3.84. The minimum atomic E-state index is -3.41. The van der Waals surface area contributed by atoms with Crippen LogP contribution in [-0.4, -0.2) is 56.0 Å². The predicted molar refractivity (Wildman–Crippen MR) is 92.4 cm³/mol. The van der Waals surface area contributed by atoms with E-state index in [0.29, 0.717) is 36.2 Å². The highest BCUT2D eigenvalue weighted by Crippen LogP contribution is 2.18. The van der Waals surface area contributed by atoms with Crippen molar-refractivity contribution < 1.29 is 8.42 Å². The van der Waals surface area contributed by atoms with Crippen molar-refractivity contribution in [1.82, 2.24) is 14.5 Å². The molecule has 1 saturated heterocycles. The molecule has 1 aliphatic heterocycles. The Morgan fingerprint density at radius 3 is 2.27 bits per heavy atom. The number of sulfonamides is 1. The molecule has 2 rings (SSSR count). The number of thiocarbonyl (C=S) groups is 1. The molecule has 0 amide bonds. The molecule has 0 radical (unpaired) electrons. The molecule has 0 spiro atoms. The van der Waals surface area contributed by atoms with Crippen LogP contribution in [0, 0.1) is 0 Å². The van der Waals surface area contributed by atoms with E-state index in [1.807, 2.05) is 17.0 Å². The van der Waals surface area contributed by atoms with E-state index >= 15 is 0 Å². The monoisotopic (exact) mass is 341 g/mol. The fourth-order valence-electron chi connectivity index (χ4n) is 2.56. The van der Waals surface area contributed by atoms with Crippen LogP contribution < -0.4 is 5.32 Å². The Morgan fingerprint density at radius 1 is 1.18 bits per heavy atom. The predicted octanol–water partition coefficient (Wildman–Crippen LogP) is 1.45. The van der Waals surface area contributed by atoms with Gasteiger partial charge in [-0.25, -0.2) is 8.42 Å². The Hall–Kier alpha value is -1.18. The standard InChI is InChI=1S/C15H23N3O2S2/c1-3-4-13-5-7-14(8-6-13)22(19,20)18-11-9-17(10-12-18)15(21)16-2/h5-8H,3-4,9-12H2,1-2H3,(H,16,21). The molecule has 5 nitrogen and oxygen atoms in total. The number of nitrogens with one attached hydrogen (secondary N) is 1. The molecule has 1 aliphatic rings. The summed E-state index contributed by atoms with van der Waals surface area (Å²) in [5.41, 5.74) is 1.17. The molecule has 1 heterocycles. The summed E-state index contributed by atoms with van der Waals surface area (Å²) in [4.78, 5) is 2.36. The van der Waals surface area contributed by atoms with Gasteiger partial charge in [-0.3, -0.25) is 0 Å². The summed E-state index contributed by atoms with van der Waals surface area (Å²) in [6.45, 7) is 4.26. The summed E-state index contributed by atoms with van der Waals surface area (Å²) in [5, 5.41) is 3.60. The number of benzene rings is 1. The summed E-state index contributed by atoms with van der Waals surface area (Å²) < 4.78 is 26.9. The molecule has 122 valence electrons. The lowest BCUT2D eigenvalue weighted by Crippen LogP contribution is -2.52. The zero-order chi connectivity index (χ0) is 16.2. The Balaban J connectivity index is 2.06. The second-order valence-corrected chi connectivity index (χ2v) is 7.66. The number of hydrogen-bond acceptors (Lipinski definition) is 3. The van der Waals surface area contributed by atoms with Crippen LogP contribution in [0.5, 0.6) is 0 Å². The van der Waals surface area contributed by atoms with Gasteiger partial charge in [-0.1, -0.05) is 25.5 Å². The molecule has 0 atom stereocenters. The molecule has 1 fully saturated rings. The third-order valence-corrected chi connectivity index (χ3v) is 6.21. The average molecular weight is 342 g/mol. The van der Waals surface area contributed by atoms with Crippen LogP contribution in [0.1, 0.15) is 18.9 Å². The van der Waals surface area contributed by atoms with E-state index in [9.17, 15) is 8.42 Å². The van der Waals surface area contributed by atoms with Crippen LogP contribution in [-0.2, 0) is 16.4 Å². The van der Waals surface area contributed by atoms with Crippen molar-refractivity contribution in [3.8, 4) is 0 Å². The Bertz CT molecular complexity index is 606. The fourth-order valence-corrected chi connectivity index (χ4v) is 4.16. The lowest BCUT2D eigenvalue weighted by molar-refractivity contribution is 0.265. The van der Waals surface area contributed by atoms with Gasteiger partial charge in [-0.05, 0) is 36.3 Å². The van der Waals surface area contributed by atoms with Crippen molar-refractivity contribution in [3.05, 3.63) is 29.8 Å². The SMILES string of the molecule is CCCc1ccc(S(=O)(=O)N2CCN(C(=S)NC)CC2)cc1. The molecular weight excluding hydrogens is 318 g/mol. The maximum absolute atomic E-state index is 12.7. The fraction of sp³-hybridized carbons (Fsp3) is 0.533. The van der Waals surface area contributed by atoms with E-state index in [-0.39, 0.29) is 0 Å². The van der Waals surface area contributed by atoms with Crippen LogP contribution in [0.3, 0.4) is 0 Å². The molecular formula is C15H23N3O2S2. The van der Waals surface area contributed by atoms with Crippen LogP contribution in [0.2, 0.25) is 0 Å². The first kappa shape index (κ1) is 17.2. The number of rotatable bonds is 4. The zero-order valence-corrected chi connectivity index (χ0v) is 14.7. The van der Waals surface area contributed by atoms with Crippen molar-refractivity contribution >= 4 is 27.4 Å². The molecule has 0 bridgehead atoms. The molecule has 0 unspecified atom stereocenters. The highest BCUT2D eigenvalue weighted by atomic mass is 32.2. The van der Waals surface area contributed by atoms with Crippen molar-refractivity contribution in [3.63, 3.8) is 0 Å². The highest BCUT2D eigenvalue weighted by Gasteiger charge is 2.28. The van der Waals surface area contributed by atoms with Gasteiger partial charge in [0.1, 0.15) is 0 Å². The quantitative estimate of drug-likeness (QED) is 0.840. The van der Waals surface area contributed by atoms with Gasteiger partial charge in [0, 0.05) is 33.2 Å². The minimum absolute atomic E-state index is 0.372. The largest absolute Gasteiger partial charge is 0.366 e. The summed E-state index contributed by atoms with van der Waals surface area (Å²) in [6, 6.07) is 7.24. The van der Waals surface area contributed by atoms with Crippen LogP contribution in [0.25, 0.3) is 0 Å². The van der Waals surface area contributed by atoms with Crippen molar-refractivity contribution in [2.24, 2.45) is 0 Å². The second kappa shape index (κ2) is 7.39. The molecule has 22 heavy (non-hydrogen) atoms. The number of aryl methyl sites for hydroxylation is 1. The Morgan fingerprint density at radius 2 is 1.77 bits per heavy atom. The van der Waals surface area contributed by atoms with E-state index in [1.165, 1.54) is 9.87 Å². The smallest absolute Gasteiger partial charge is 0.243 e. The average Bonchev–Trinajstić information content (AvgIpc) is 2.55. The maximum Gasteiger partial charge on any atom is 0.243 e. The molecule has 1 N–H and O–H groups in total. The lowest BCUT2D eigenvalue weighted by atomic mass is 10.1. The van der Waals surface area contributed by atoms with E-state index in [0.717, 1.165) is 12.8 Å². The van der Waals surface area contributed by atoms with E-state index in [1.54, 1.807) is 19.2 Å². The first-order chi connectivity index (χ1) is 10.5. The number of hydrogen-bond donors (Lipinski definition) is 1. The van der Waals surface area contributed by atoms with E-state index in [4.69, 9.17) is 12.2 Å². The van der Waals surface area contributed by atoms with Crippen LogP contribution in [0.4, 0.5) is 0 Å². The maximum atomic E-state index is 12.7. The Kier molecular flexibility index (Phi) is 5.77. The lowest BCUT2D eigenvalue weighted by Gasteiger charge is -2.35. The van der Waals surface area contributed by atoms with Gasteiger partial charge >= 0.3 is 0 Å². The van der Waals surface area contributed by atoms with Gasteiger partial charge in [0.25, 0.3) is 0 Å². The Labute approximate surface area is 138 Å². The molecule has 1 aromatic rings. The van der Waals surface area contributed by atoms with Crippen LogP contribution >= 0.6 is 12.2 Å². The van der Waals surface area contributed by atoms with Gasteiger partial charge in [-0.2, -0.15) is 4.31 Å². The van der Waals surface area contributed by atoms with Gasteiger partial charge in [0.2, 0.25) is 10.0 Å². The summed E-state index contributed by atoms with van der Waals surface area (Å²) >= 11 is 5.19. The first-order valence-electron chi connectivity index (χ1n) is 7.54. The van der Waals surface area contributed by atoms with Crippen molar-refractivity contribution in [2.75, 3.05) is 33.2 Å². The van der Waals surface area contributed by atoms with Crippen molar-refractivity contribution in [2.45, 2.75) is 24.7 Å². The molecule has 0 aromatic heterocycles. The summed E-state index contributed by atoms with van der Waals surface area (Å²) in [7, 11) is -1.63. The molecule has 7 heteroatoms. The summed E-state index contributed by atoms with van der Waals surface area (Å²) in [5.74, 6) is 0. The highest BCUT2D eigenvalue weighted by molar-refractivity contribution is 7.89. The van der Waals surface area contributed by atoms with Crippen LogP contribution in [0.15, 0.2) is 29.2 Å². The topological polar surface area (TPSA) is 52.7 Å². The normalized spacial score (nSPS) is 16.5. The van der Waals surface area contributed by atoms with Gasteiger partial charge in [0.15, 0.2) is 5.11 Å². The van der Waals surface area contributed by atoms with E-state index in [2.05, 4.69) is 12.2 Å². The first-order valence-corrected chi connectivity index (χ1v) is 9.39. The summed E-state index contributed by atoms with van der Waals surface area (Å²) in [6.07, 6.45) is 2.03. The molecule has 0 aliphatic carbocycles. The van der Waals surface area contributed by atoms with Gasteiger partial charge in [-0.15, -0.1) is 0 Å². The molecule has 1 aromatic carbocycles. The number of piperazine rings is 1. The second-order valence-electron chi connectivity index (χ2n) is 5.34. The zero-order valence-electron chi connectivity index (χ0n) is 13.1. The van der Waals surface area contributed by atoms with Gasteiger partial charge < -0.3 is 10.2 Å². The van der Waals surface area contributed by atoms with Gasteiger partial charge in [0.05, 0.1) is 4.90 Å².